The summed E-state index contributed by atoms with van der Waals surface area (Å²) in [5.74, 6) is 0.561. The van der Waals surface area contributed by atoms with Crippen molar-refractivity contribution in [3.63, 3.8) is 0 Å². The molecule has 0 aliphatic heterocycles. The van der Waals surface area contributed by atoms with Crippen molar-refractivity contribution in [1.29, 1.82) is 0 Å². The van der Waals surface area contributed by atoms with Crippen LogP contribution in [0, 0.1) is 5.92 Å². The smallest absolute Gasteiger partial charge is 0.391 e. The van der Waals surface area contributed by atoms with E-state index in [9.17, 15) is 18.3 Å². The molecule has 0 aromatic carbocycles. The Hall–Kier alpha value is -1.37. The van der Waals surface area contributed by atoms with Crippen LogP contribution in [-0.4, -0.2) is 28.0 Å². The third-order valence-electron chi connectivity index (χ3n) is 2.22. The van der Waals surface area contributed by atoms with Crippen molar-refractivity contribution in [1.82, 2.24) is 10.2 Å². The highest BCUT2D eigenvalue weighted by Gasteiger charge is 2.32. The maximum atomic E-state index is 12.2. The fourth-order valence-electron chi connectivity index (χ4n) is 1.43. The maximum Gasteiger partial charge on any atom is 0.435 e. The largest absolute Gasteiger partial charge is 0.435 e. The van der Waals surface area contributed by atoms with E-state index in [0.29, 0.717) is 12.3 Å². The fraction of sp³-hybridized carbons (Fsp3) is 0.636. The minimum atomic E-state index is -4.48. The van der Waals surface area contributed by atoms with Gasteiger partial charge in [-0.05, 0) is 24.5 Å². The van der Waals surface area contributed by atoms with E-state index < -0.39 is 18.0 Å². The lowest BCUT2D eigenvalue weighted by Crippen LogP contribution is -2.22. The topological polar surface area (TPSA) is 58.0 Å². The molecule has 102 valence electrons. The minimum absolute atomic E-state index is 0.214. The van der Waals surface area contributed by atoms with Gasteiger partial charge < -0.3 is 10.4 Å². The molecular formula is C11H16F3N3O. The molecule has 1 heterocycles. The van der Waals surface area contributed by atoms with Gasteiger partial charge in [0.05, 0.1) is 6.10 Å². The van der Waals surface area contributed by atoms with Gasteiger partial charge in [0.1, 0.15) is 5.82 Å². The zero-order valence-electron chi connectivity index (χ0n) is 10.2. The summed E-state index contributed by atoms with van der Waals surface area (Å²) >= 11 is 0. The van der Waals surface area contributed by atoms with Gasteiger partial charge in [0, 0.05) is 6.54 Å². The van der Waals surface area contributed by atoms with Crippen molar-refractivity contribution >= 4 is 5.82 Å². The van der Waals surface area contributed by atoms with E-state index >= 15 is 0 Å². The summed E-state index contributed by atoms with van der Waals surface area (Å²) < 4.78 is 36.6. The maximum absolute atomic E-state index is 12.2. The van der Waals surface area contributed by atoms with Crippen LogP contribution in [0.25, 0.3) is 0 Å². The quantitative estimate of drug-likeness (QED) is 0.856. The number of hydrogen-bond acceptors (Lipinski definition) is 4. The molecule has 0 aliphatic rings. The van der Waals surface area contributed by atoms with E-state index in [4.69, 9.17) is 0 Å². The Bertz CT molecular complexity index is 365. The molecule has 1 atom stereocenters. The standard InChI is InChI=1S/C11H16F3N3O/c1-7(2)5-8(18)6-15-10-4-3-9(16-17-10)11(12,13)14/h3-4,7-8,18H,5-6H2,1-2H3,(H,15,17). The number of nitrogens with one attached hydrogen (secondary N) is 1. The lowest BCUT2D eigenvalue weighted by molar-refractivity contribution is -0.141. The number of aromatic nitrogens is 2. The first kappa shape index (κ1) is 14.7. The highest BCUT2D eigenvalue weighted by atomic mass is 19.4. The van der Waals surface area contributed by atoms with Crippen molar-refractivity contribution in [2.24, 2.45) is 5.92 Å². The van der Waals surface area contributed by atoms with E-state index in [-0.39, 0.29) is 12.4 Å². The van der Waals surface area contributed by atoms with Gasteiger partial charge in [-0.15, -0.1) is 10.2 Å². The minimum Gasteiger partial charge on any atom is -0.391 e. The average molecular weight is 263 g/mol. The highest BCUT2D eigenvalue weighted by Crippen LogP contribution is 2.27. The summed E-state index contributed by atoms with van der Waals surface area (Å²) in [6.07, 6.45) is -4.43. The predicted molar refractivity (Wildman–Crippen MR) is 61.0 cm³/mol. The zero-order chi connectivity index (χ0) is 13.8. The molecule has 0 aliphatic carbocycles. The lowest BCUT2D eigenvalue weighted by atomic mass is 10.1. The first-order valence-electron chi connectivity index (χ1n) is 5.62. The van der Waals surface area contributed by atoms with Crippen molar-refractivity contribution in [3.8, 4) is 0 Å². The Balaban J connectivity index is 2.49. The number of halogens is 3. The molecule has 1 aromatic heterocycles. The monoisotopic (exact) mass is 263 g/mol. The summed E-state index contributed by atoms with van der Waals surface area (Å²) in [7, 11) is 0. The van der Waals surface area contributed by atoms with Crippen LogP contribution in [0.4, 0.5) is 19.0 Å². The summed E-state index contributed by atoms with van der Waals surface area (Å²) in [4.78, 5) is 0. The van der Waals surface area contributed by atoms with Crippen LogP contribution in [0.1, 0.15) is 26.0 Å². The molecule has 4 nitrogen and oxygen atoms in total. The molecule has 0 radical (unpaired) electrons. The second-order valence-corrected chi connectivity index (χ2v) is 4.47. The molecular weight excluding hydrogens is 247 g/mol. The molecule has 2 N–H and O–H groups in total. The zero-order valence-corrected chi connectivity index (χ0v) is 10.2. The SMILES string of the molecule is CC(C)CC(O)CNc1ccc(C(F)(F)F)nn1. The van der Waals surface area contributed by atoms with Crippen LogP contribution >= 0.6 is 0 Å². The number of rotatable bonds is 5. The van der Waals surface area contributed by atoms with E-state index in [1.165, 1.54) is 6.07 Å². The molecule has 0 saturated heterocycles. The average Bonchev–Trinajstić information content (AvgIpc) is 2.25. The van der Waals surface area contributed by atoms with Gasteiger partial charge in [-0.1, -0.05) is 13.8 Å². The molecule has 0 fully saturated rings. The fourth-order valence-corrected chi connectivity index (χ4v) is 1.43. The van der Waals surface area contributed by atoms with Gasteiger partial charge in [0.25, 0.3) is 0 Å². The number of aliphatic hydroxyl groups excluding tert-OH is 1. The van der Waals surface area contributed by atoms with Crippen molar-refractivity contribution in [2.75, 3.05) is 11.9 Å². The number of nitrogens with zero attached hydrogens (tertiary/aromatic N) is 2. The van der Waals surface area contributed by atoms with E-state index in [1.807, 2.05) is 13.8 Å². The number of anilines is 1. The Kier molecular flexibility index (Phi) is 4.89. The van der Waals surface area contributed by atoms with Gasteiger partial charge >= 0.3 is 6.18 Å². The van der Waals surface area contributed by atoms with E-state index in [2.05, 4.69) is 15.5 Å². The predicted octanol–water partition coefficient (Wildman–Crippen LogP) is 2.31. The van der Waals surface area contributed by atoms with Crippen LogP contribution in [0.2, 0.25) is 0 Å². The first-order chi connectivity index (χ1) is 8.29. The second kappa shape index (κ2) is 5.99. The third-order valence-corrected chi connectivity index (χ3v) is 2.22. The number of alkyl halides is 3. The summed E-state index contributed by atoms with van der Waals surface area (Å²) in [6, 6.07) is 2.04. The second-order valence-electron chi connectivity index (χ2n) is 4.47. The van der Waals surface area contributed by atoms with Crippen LogP contribution in [0.15, 0.2) is 12.1 Å². The molecule has 1 unspecified atom stereocenters. The molecule has 0 saturated carbocycles. The Morgan fingerprint density at radius 2 is 1.94 bits per heavy atom. The Labute approximate surface area is 103 Å². The Morgan fingerprint density at radius 3 is 2.39 bits per heavy atom. The van der Waals surface area contributed by atoms with Crippen molar-refractivity contribution in [2.45, 2.75) is 32.5 Å². The van der Waals surface area contributed by atoms with Crippen molar-refractivity contribution < 1.29 is 18.3 Å². The lowest BCUT2D eigenvalue weighted by Gasteiger charge is -2.14. The summed E-state index contributed by atoms with van der Waals surface area (Å²) in [5, 5.41) is 18.8. The summed E-state index contributed by atoms with van der Waals surface area (Å²) in [6.45, 7) is 4.18. The number of hydrogen-bond donors (Lipinski definition) is 2. The van der Waals surface area contributed by atoms with Gasteiger partial charge in [-0.2, -0.15) is 13.2 Å². The van der Waals surface area contributed by atoms with Gasteiger partial charge in [-0.3, -0.25) is 0 Å². The summed E-state index contributed by atoms with van der Waals surface area (Å²) in [5.41, 5.74) is -1.03. The highest BCUT2D eigenvalue weighted by molar-refractivity contribution is 5.33. The molecule has 18 heavy (non-hydrogen) atoms. The van der Waals surface area contributed by atoms with Gasteiger partial charge in [-0.25, -0.2) is 0 Å². The Morgan fingerprint density at radius 1 is 1.28 bits per heavy atom. The molecule has 0 bridgehead atoms. The first-order valence-corrected chi connectivity index (χ1v) is 5.62. The molecule has 0 spiro atoms. The molecule has 0 amide bonds. The number of aliphatic hydroxyl groups is 1. The third kappa shape index (κ3) is 4.87. The van der Waals surface area contributed by atoms with Crippen LogP contribution in [0.5, 0.6) is 0 Å². The van der Waals surface area contributed by atoms with Crippen LogP contribution < -0.4 is 5.32 Å². The van der Waals surface area contributed by atoms with Crippen LogP contribution in [-0.2, 0) is 6.18 Å². The van der Waals surface area contributed by atoms with Crippen LogP contribution in [0.3, 0.4) is 0 Å². The molecule has 1 rings (SSSR count). The van der Waals surface area contributed by atoms with E-state index in [0.717, 1.165) is 6.07 Å². The molecule has 1 aromatic rings. The van der Waals surface area contributed by atoms with E-state index in [1.54, 1.807) is 0 Å². The van der Waals surface area contributed by atoms with Gasteiger partial charge in [0.15, 0.2) is 5.69 Å². The van der Waals surface area contributed by atoms with Gasteiger partial charge in [0.2, 0.25) is 0 Å². The van der Waals surface area contributed by atoms with Crippen molar-refractivity contribution in [3.05, 3.63) is 17.8 Å². The molecule has 7 heteroatoms. The normalized spacial score (nSPS) is 13.7.